The number of ether oxygens (including phenoxy) is 2. The molecule has 2 aromatic rings. The summed E-state index contributed by atoms with van der Waals surface area (Å²) in [5.74, 6) is 0.302. The lowest BCUT2D eigenvalue weighted by molar-refractivity contribution is -0.112. The highest BCUT2D eigenvalue weighted by Gasteiger charge is 2.23. The average molecular weight is 371 g/mol. The van der Waals surface area contributed by atoms with Crippen LogP contribution in [-0.4, -0.2) is 37.0 Å². The minimum atomic E-state index is -1.09. The molecule has 6 nitrogen and oxygen atoms in total. The van der Waals surface area contributed by atoms with Gasteiger partial charge in [-0.2, -0.15) is 0 Å². The van der Waals surface area contributed by atoms with Gasteiger partial charge >= 0.3 is 5.97 Å². The zero-order valence-corrected chi connectivity index (χ0v) is 15.1. The van der Waals surface area contributed by atoms with Gasteiger partial charge in [-0.3, -0.25) is 4.79 Å². The zero-order chi connectivity index (χ0) is 18.7. The number of carbonyl (C=O) groups is 2. The van der Waals surface area contributed by atoms with Crippen molar-refractivity contribution in [3.63, 3.8) is 0 Å². The Bertz CT molecular complexity index is 907. The number of amides is 1. The van der Waals surface area contributed by atoms with Crippen molar-refractivity contribution in [3.05, 3.63) is 53.1 Å². The molecule has 0 bridgehead atoms. The lowest BCUT2D eigenvalue weighted by atomic mass is 10.1. The van der Waals surface area contributed by atoms with E-state index in [2.05, 4.69) is 5.32 Å². The number of hydrogen-bond acceptors (Lipinski definition) is 5. The Morgan fingerprint density at radius 3 is 2.58 bits per heavy atom. The predicted octanol–water partition coefficient (Wildman–Crippen LogP) is 3.53. The van der Waals surface area contributed by atoms with Crippen molar-refractivity contribution in [1.82, 2.24) is 0 Å². The number of anilines is 1. The molecule has 1 amide bonds. The number of rotatable bonds is 5. The summed E-state index contributed by atoms with van der Waals surface area (Å²) in [6.07, 6.45) is 1.78. The summed E-state index contributed by atoms with van der Waals surface area (Å²) in [4.78, 5) is 24.8. The Morgan fingerprint density at radius 2 is 1.88 bits per heavy atom. The van der Waals surface area contributed by atoms with E-state index < -0.39 is 5.97 Å². The molecular formula is C19H17NO5S. The van der Waals surface area contributed by atoms with Gasteiger partial charge in [-0.05, 0) is 35.9 Å². The van der Waals surface area contributed by atoms with E-state index in [0.717, 1.165) is 10.5 Å². The summed E-state index contributed by atoms with van der Waals surface area (Å²) < 4.78 is 10.7. The summed E-state index contributed by atoms with van der Waals surface area (Å²) in [6.45, 7) is 0. The van der Waals surface area contributed by atoms with E-state index in [1.165, 1.54) is 17.8 Å². The highest BCUT2D eigenvalue weighted by Crippen LogP contribution is 2.44. The fraction of sp³-hybridized carbons (Fsp3) is 0.158. The molecule has 1 aliphatic rings. The van der Waals surface area contributed by atoms with Crippen LogP contribution < -0.4 is 14.8 Å². The molecule has 1 heterocycles. The predicted molar refractivity (Wildman–Crippen MR) is 100 cm³/mol. The van der Waals surface area contributed by atoms with Crippen molar-refractivity contribution in [2.45, 2.75) is 4.90 Å². The second-order valence-corrected chi connectivity index (χ2v) is 6.47. The smallest absolute Gasteiger partial charge is 0.337 e. The van der Waals surface area contributed by atoms with Crippen LogP contribution in [-0.2, 0) is 4.79 Å². The molecule has 3 rings (SSSR count). The van der Waals surface area contributed by atoms with Crippen LogP contribution >= 0.6 is 11.8 Å². The monoisotopic (exact) mass is 371 g/mol. The minimum Gasteiger partial charge on any atom is -0.493 e. The summed E-state index contributed by atoms with van der Waals surface area (Å²) in [6, 6.07) is 9.97. The van der Waals surface area contributed by atoms with Crippen LogP contribution in [0.25, 0.3) is 6.08 Å². The first kappa shape index (κ1) is 17.9. The van der Waals surface area contributed by atoms with Gasteiger partial charge in [-0.1, -0.05) is 12.1 Å². The van der Waals surface area contributed by atoms with Gasteiger partial charge in [0.15, 0.2) is 11.5 Å². The van der Waals surface area contributed by atoms with E-state index in [0.29, 0.717) is 22.8 Å². The number of carboxylic acid groups (broad SMARTS) is 1. The zero-order valence-electron chi connectivity index (χ0n) is 14.2. The highest BCUT2D eigenvalue weighted by atomic mass is 32.2. The van der Waals surface area contributed by atoms with E-state index in [9.17, 15) is 14.7 Å². The van der Waals surface area contributed by atoms with Crippen LogP contribution in [0.3, 0.4) is 0 Å². The van der Waals surface area contributed by atoms with Gasteiger partial charge in [-0.15, -0.1) is 11.8 Å². The fourth-order valence-corrected chi connectivity index (χ4v) is 3.79. The van der Waals surface area contributed by atoms with Crippen LogP contribution in [0.1, 0.15) is 15.9 Å². The number of aromatic carboxylic acids is 1. The number of thioether (sulfide) groups is 1. The molecule has 0 radical (unpaired) electrons. The first-order valence-electron chi connectivity index (χ1n) is 7.77. The second kappa shape index (κ2) is 7.53. The van der Waals surface area contributed by atoms with E-state index in [1.807, 2.05) is 6.07 Å². The lowest BCUT2D eigenvalue weighted by Crippen LogP contribution is -2.19. The number of methoxy groups -OCH3 is 2. The maximum Gasteiger partial charge on any atom is 0.337 e. The molecule has 7 heteroatoms. The van der Waals surface area contributed by atoms with Gasteiger partial charge in [-0.25, -0.2) is 4.79 Å². The number of nitrogens with one attached hydrogen (secondary N) is 1. The van der Waals surface area contributed by atoms with Crippen molar-refractivity contribution < 1.29 is 24.2 Å². The summed E-state index contributed by atoms with van der Waals surface area (Å²) in [5.41, 5.74) is 1.73. The first-order chi connectivity index (χ1) is 12.5. The summed E-state index contributed by atoms with van der Waals surface area (Å²) in [7, 11) is 3.15. The number of fused-ring (bicyclic) bond motifs is 1. The largest absolute Gasteiger partial charge is 0.493 e. The standard InChI is InChI=1S/C19H17NO5S/c1-24-15-8-7-11-9-12(10-26-17(11)16(15)25-2)18(21)20-14-6-4-3-5-13(14)19(22)23/h3-9H,10H2,1-2H3,(H,20,21)(H,22,23). The number of carbonyl (C=O) groups excluding carboxylic acids is 1. The van der Waals surface area contributed by atoms with Crippen molar-refractivity contribution in [3.8, 4) is 11.5 Å². The van der Waals surface area contributed by atoms with Crippen LogP contribution in [0.4, 0.5) is 5.69 Å². The summed E-state index contributed by atoms with van der Waals surface area (Å²) >= 11 is 1.48. The molecule has 0 fully saturated rings. The normalized spacial score (nSPS) is 12.6. The van der Waals surface area contributed by atoms with Gasteiger partial charge in [0.25, 0.3) is 5.91 Å². The number of hydrogen-bond donors (Lipinski definition) is 2. The molecule has 1 aliphatic heterocycles. The lowest BCUT2D eigenvalue weighted by Gasteiger charge is -2.20. The Kier molecular flexibility index (Phi) is 5.18. The van der Waals surface area contributed by atoms with Crippen LogP contribution in [0.15, 0.2) is 46.9 Å². The summed E-state index contributed by atoms with van der Waals surface area (Å²) in [5, 5.41) is 11.9. The van der Waals surface area contributed by atoms with Crippen molar-refractivity contribution >= 4 is 35.4 Å². The van der Waals surface area contributed by atoms with E-state index in [-0.39, 0.29) is 17.2 Å². The SMILES string of the molecule is COc1ccc2c(c1OC)SCC(C(=O)Nc1ccccc1C(=O)O)=C2. The van der Waals surface area contributed by atoms with Crippen molar-refractivity contribution in [1.29, 1.82) is 0 Å². The molecule has 2 aromatic carbocycles. The Hall–Kier alpha value is -2.93. The minimum absolute atomic E-state index is 0.0525. The molecule has 26 heavy (non-hydrogen) atoms. The van der Waals surface area contributed by atoms with E-state index in [1.54, 1.807) is 44.6 Å². The maximum absolute atomic E-state index is 12.6. The third-order valence-corrected chi connectivity index (χ3v) is 5.09. The topological polar surface area (TPSA) is 84.9 Å². The molecular weight excluding hydrogens is 354 g/mol. The van der Waals surface area contributed by atoms with Gasteiger partial charge < -0.3 is 19.9 Å². The second-order valence-electron chi connectivity index (χ2n) is 5.48. The van der Waals surface area contributed by atoms with E-state index >= 15 is 0 Å². The molecule has 2 N–H and O–H groups in total. The van der Waals surface area contributed by atoms with Crippen molar-refractivity contribution in [2.24, 2.45) is 0 Å². The van der Waals surface area contributed by atoms with Gasteiger partial charge in [0.05, 0.1) is 30.4 Å². The highest BCUT2D eigenvalue weighted by molar-refractivity contribution is 7.99. The molecule has 0 unspecified atom stereocenters. The quantitative estimate of drug-likeness (QED) is 0.836. The van der Waals surface area contributed by atoms with Crippen LogP contribution in [0.2, 0.25) is 0 Å². The van der Waals surface area contributed by atoms with Crippen molar-refractivity contribution in [2.75, 3.05) is 25.3 Å². The number of carboxylic acids is 1. The Morgan fingerprint density at radius 1 is 1.12 bits per heavy atom. The maximum atomic E-state index is 12.6. The molecule has 0 spiro atoms. The van der Waals surface area contributed by atoms with Gasteiger partial charge in [0.1, 0.15) is 0 Å². The first-order valence-corrected chi connectivity index (χ1v) is 8.75. The van der Waals surface area contributed by atoms with Crippen LogP contribution in [0.5, 0.6) is 11.5 Å². The van der Waals surface area contributed by atoms with Gasteiger partial charge in [0, 0.05) is 11.3 Å². The third kappa shape index (κ3) is 3.39. The Balaban J connectivity index is 1.89. The molecule has 0 aromatic heterocycles. The molecule has 0 saturated heterocycles. The Labute approximate surface area is 154 Å². The molecule has 134 valence electrons. The number of benzene rings is 2. The fourth-order valence-electron chi connectivity index (χ4n) is 2.67. The van der Waals surface area contributed by atoms with Gasteiger partial charge in [0.2, 0.25) is 0 Å². The average Bonchev–Trinajstić information content (AvgIpc) is 2.66. The molecule has 0 atom stereocenters. The molecule has 0 aliphatic carbocycles. The third-order valence-electron chi connectivity index (χ3n) is 3.93. The van der Waals surface area contributed by atoms with Crippen LogP contribution in [0, 0.1) is 0 Å². The number of para-hydroxylation sites is 1. The molecule has 0 saturated carbocycles. The van der Waals surface area contributed by atoms with E-state index in [4.69, 9.17) is 9.47 Å².